The van der Waals surface area contributed by atoms with Crippen molar-refractivity contribution in [2.75, 3.05) is 0 Å². The minimum atomic E-state index is 0.354. The number of hydrogen-bond donors (Lipinski definition) is 0. The highest BCUT2D eigenvalue weighted by Gasteiger charge is 2.06. The van der Waals surface area contributed by atoms with E-state index in [0.717, 1.165) is 0 Å². The van der Waals surface area contributed by atoms with Gasteiger partial charge in [-0.1, -0.05) is 6.58 Å². The molecule has 10 heavy (non-hydrogen) atoms. The fraction of sp³-hybridized carbons (Fsp3) is 0. The van der Waals surface area contributed by atoms with Crippen LogP contribution >= 0.6 is 24.4 Å². The van der Waals surface area contributed by atoms with E-state index in [9.17, 15) is 0 Å². The topological polar surface area (TPSA) is 18.5 Å². The lowest BCUT2D eigenvalue weighted by Gasteiger charge is -2.06. The molecule has 0 aromatic carbocycles. The summed E-state index contributed by atoms with van der Waals surface area (Å²) in [6.45, 7) is 3.61. The average Bonchev–Trinajstić information content (AvgIpc) is 2.00. The van der Waals surface area contributed by atoms with E-state index in [1.807, 2.05) is 0 Å². The van der Waals surface area contributed by atoms with Crippen LogP contribution in [-0.2, 0) is 8.85 Å². The second kappa shape index (κ2) is 4.72. The third kappa shape index (κ3) is 2.69. The van der Waals surface area contributed by atoms with Gasteiger partial charge in [-0.25, -0.2) is 0 Å². The Morgan fingerprint density at radius 1 is 1.10 bits per heavy atom. The summed E-state index contributed by atoms with van der Waals surface area (Å²) in [6, 6.07) is 0. The lowest BCUT2D eigenvalue weighted by atomic mass is 10.3. The van der Waals surface area contributed by atoms with Crippen LogP contribution < -0.4 is 0 Å². The zero-order chi connectivity index (χ0) is 8.15. The Labute approximate surface area is 76.7 Å². The third-order valence-electron chi connectivity index (χ3n) is 0.864. The normalized spacial score (nSPS) is 8.80. The molecule has 0 aliphatic rings. The predicted octanol–water partition coefficient (Wildman–Crippen LogP) is -1.21. The smallest absolute Gasteiger partial charge is 0.205 e. The van der Waals surface area contributed by atoms with Crippen molar-refractivity contribution in [2.24, 2.45) is 0 Å². The molecule has 0 radical (unpaired) electrons. The van der Waals surface area contributed by atoms with Crippen LogP contribution in [-0.4, -0.2) is 31.1 Å². The summed E-state index contributed by atoms with van der Waals surface area (Å²) in [5.41, 5.74) is 0.509. The molecule has 0 aromatic rings. The summed E-state index contributed by atoms with van der Waals surface area (Å²) >= 11 is 9.56. The van der Waals surface area contributed by atoms with Crippen molar-refractivity contribution in [2.45, 2.75) is 0 Å². The van der Waals surface area contributed by atoms with Crippen LogP contribution in [0.3, 0.4) is 0 Å². The van der Waals surface area contributed by atoms with Gasteiger partial charge in [0.2, 0.25) is 21.0 Å². The molecule has 0 atom stereocenters. The van der Waals surface area contributed by atoms with E-state index in [-0.39, 0.29) is 0 Å². The van der Waals surface area contributed by atoms with Gasteiger partial charge in [-0.05, 0) is 24.4 Å². The van der Waals surface area contributed by atoms with Crippen molar-refractivity contribution in [1.29, 1.82) is 0 Å². The molecule has 0 aromatic heterocycles. The van der Waals surface area contributed by atoms with Crippen molar-refractivity contribution in [3.05, 3.63) is 12.2 Å². The molecule has 0 spiro atoms. The predicted molar refractivity (Wildman–Crippen MR) is 56.4 cm³/mol. The number of rotatable bonds is 2. The van der Waals surface area contributed by atoms with Crippen LogP contribution in [0, 0.1) is 0 Å². The average molecular weight is 208 g/mol. The first kappa shape index (κ1) is 9.95. The quantitative estimate of drug-likeness (QED) is 0.322. The Balaban J connectivity index is 4.09. The molecule has 0 saturated carbocycles. The molecule has 0 aliphatic carbocycles. The zero-order valence-corrected chi connectivity index (χ0v) is 11.5. The Hall–Kier alpha value is -0.0462. The van der Waals surface area contributed by atoms with Crippen LogP contribution in [0.5, 0.6) is 0 Å². The zero-order valence-electron chi connectivity index (χ0n) is 5.84. The third-order valence-corrected chi connectivity index (χ3v) is 3.10. The van der Waals surface area contributed by atoms with Crippen molar-refractivity contribution < 1.29 is 8.85 Å². The lowest BCUT2D eigenvalue weighted by molar-refractivity contribution is 0.613. The minimum Gasteiger partial charge on any atom is -0.545 e. The summed E-state index contributed by atoms with van der Waals surface area (Å²) in [5.74, 6) is 0. The first-order valence-electron chi connectivity index (χ1n) is 2.49. The molecule has 6 heteroatoms. The summed E-state index contributed by atoms with van der Waals surface area (Å²) in [6.07, 6.45) is 0. The van der Waals surface area contributed by atoms with Crippen molar-refractivity contribution >= 4 is 55.5 Å². The molecule has 0 saturated heterocycles. The molecule has 2 nitrogen and oxygen atoms in total. The molecule has 0 heterocycles. The van der Waals surface area contributed by atoms with E-state index in [1.165, 1.54) is 0 Å². The van der Waals surface area contributed by atoms with E-state index >= 15 is 0 Å². The highest BCUT2D eigenvalue weighted by Crippen LogP contribution is 1.99. The SMILES string of the molecule is C=C(C(=S)O[SiH3])C(=S)O[SiH3]. The summed E-state index contributed by atoms with van der Waals surface area (Å²) in [5, 5.41) is 0.708. The Morgan fingerprint density at radius 3 is 1.60 bits per heavy atom. The Morgan fingerprint density at radius 2 is 1.40 bits per heavy atom. The first-order chi connectivity index (χ1) is 4.63. The summed E-state index contributed by atoms with van der Waals surface area (Å²) in [7, 11) is 1.13. The van der Waals surface area contributed by atoms with E-state index in [2.05, 4.69) is 6.58 Å². The standard InChI is InChI=1S/C4H8O2S2Si2/c1-2(3(7)5-9)4(8)6-10/h1H2,9-10H3. The van der Waals surface area contributed by atoms with Crippen molar-refractivity contribution in [3.8, 4) is 0 Å². The molecule has 56 valence electrons. The van der Waals surface area contributed by atoms with Gasteiger partial charge >= 0.3 is 0 Å². The highest BCUT2D eigenvalue weighted by atomic mass is 32.1. The summed E-state index contributed by atoms with van der Waals surface area (Å²) in [4.78, 5) is 0. The molecule has 0 fully saturated rings. The molecule has 0 unspecified atom stereocenters. The fourth-order valence-electron chi connectivity index (χ4n) is 0.330. The second-order valence-electron chi connectivity index (χ2n) is 1.46. The van der Waals surface area contributed by atoms with E-state index in [0.29, 0.717) is 36.6 Å². The maximum Gasteiger partial charge on any atom is 0.205 e. The van der Waals surface area contributed by atoms with Gasteiger partial charge in [0.05, 0.1) is 5.57 Å². The van der Waals surface area contributed by atoms with Gasteiger partial charge in [0.15, 0.2) is 10.1 Å². The van der Waals surface area contributed by atoms with E-state index in [1.54, 1.807) is 0 Å². The van der Waals surface area contributed by atoms with Gasteiger partial charge in [0.1, 0.15) is 0 Å². The number of hydrogen-bond acceptors (Lipinski definition) is 4. The fourth-order valence-corrected chi connectivity index (χ4v) is 1.07. The van der Waals surface area contributed by atoms with Gasteiger partial charge < -0.3 is 8.85 Å². The van der Waals surface area contributed by atoms with Crippen LogP contribution in [0.15, 0.2) is 12.2 Å². The van der Waals surface area contributed by atoms with Crippen LogP contribution in [0.25, 0.3) is 0 Å². The maximum absolute atomic E-state index is 4.85. The minimum absolute atomic E-state index is 0.354. The highest BCUT2D eigenvalue weighted by molar-refractivity contribution is 7.82. The molecule has 0 amide bonds. The molecule has 0 N–H and O–H groups in total. The van der Waals surface area contributed by atoms with E-state index in [4.69, 9.17) is 33.3 Å². The molecule has 0 rings (SSSR count). The largest absolute Gasteiger partial charge is 0.545 e. The first-order valence-corrected chi connectivity index (χ1v) is 4.94. The van der Waals surface area contributed by atoms with Gasteiger partial charge in [0, 0.05) is 0 Å². The molecule has 0 bridgehead atoms. The summed E-state index contributed by atoms with van der Waals surface area (Å²) < 4.78 is 9.71. The van der Waals surface area contributed by atoms with Crippen molar-refractivity contribution in [1.82, 2.24) is 0 Å². The monoisotopic (exact) mass is 208 g/mol. The molecule has 0 aliphatic heterocycles. The van der Waals surface area contributed by atoms with Gasteiger partial charge in [0.25, 0.3) is 0 Å². The Bertz CT molecular complexity index is 162. The lowest BCUT2D eigenvalue weighted by Crippen LogP contribution is -2.11. The van der Waals surface area contributed by atoms with Gasteiger partial charge in [-0.15, -0.1) is 0 Å². The second-order valence-corrected chi connectivity index (χ2v) is 3.02. The van der Waals surface area contributed by atoms with Crippen molar-refractivity contribution in [3.63, 3.8) is 0 Å². The van der Waals surface area contributed by atoms with Crippen LogP contribution in [0.2, 0.25) is 0 Å². The van der Waals surface area contributed by atoms with Crippen LogP contribution in [0.1, 0.15) is 0 Å². The number of thiocarbonyl (C=S) groups is 2. The van der Waals surface area contributed by atoms with Gasteiger partial charge in [-0.3, -0.25) is 0 Å². The van der Waals surface area contributed by atoms with Gasteiger partial charge in [-0.2, -0.15) is 0 Å². The van der Waals surface area contributed by atoms with E-state index < -0.39 is 0 Å². The van der Waals surface area contributed by atoms with Crippen LogP contribution in [0.4, 0.5) is 0 Å². The maximum atomic E-state index is 4.85. The molecular weight excluding hydrogens is 200 g/mol. The molecular formula is C4H8O2S2Si2. The Kier molecular flexibility index (Phi) is 4.70.